The molecule has 5 rings (SSSR count). The average Bonchev–Trinajstić information content (AvgIpc) is 3.32. The number of fused-ring (bicyclic) bond motifs is 1. The Morgan fingerprint density at radius 3 is 2.41 bits per heavy atom. The number of H-pyrrole nitrogens is 1. The molecule has 0 radical (unpaired) electrons. The van der Waals surface area contributed by atoms with Gasteiger partial charge in [-0.2, -0.15) is 5.10 Å². The average molecular weight is 577 g/mol. The number of nitrogens with zero attached hydrogens (tertiary/aromatic N) is 2. The Hall–Kier alpha value is -4.01. The lowest BCUT2D eigenvalue weighted by atomic mass is 9.91. The highest BCUT2D eigenvalue weighted by Crippen LogP contribution is 2.37. The van der Waals surface area contributed by atoms with Crippen LogP contribution in [0.5, 0.6) is 0 Å². The van der Waals surface area contributed by atoms with Crippen molar-refractivity contribution >= 4 is 56.0 Å². The van der Waals surface area contributed by atoms with E-state index in [1.807, 2.05) is 48.5 Å². The molecule has 184 valence electrons. The minimum absolute atomic E-state index is 0.249. The van der Waals surface area contributed by atoms with Crippen LogP contribution in [-0.2, 0) is 9.59 Å². The fourth-order valence-corrected chi connectivity index (χ4v) is 4.85. The maximum Gasteiger partial charge on any atom is 0.328 e. The van der Waals surface area contributed by atoms with E-state index in [0.717, 1.165) is 33.1 Å². The van der Waals surface area contributed by atoms with E-state index in [4.69, 9.17) is 16.7 Å². The number of hydrogen-bond acceptors (Lipinski definition) is 4. The number of carboxylic acids is 1. The number of hydrazone groups is 1. The summed E-state index contributed by atoms with van der Waals surface area (Å²) in [6, 6.07) is 21.6. The standard InChI is InChI=1S/C28H19BrClN3O4/c29-18-9-5-17(6-10-18)26-20-3-1-2-4-21(20)31-28(37)27(26)22-15-23(16-7-11-19(30)12-8-16)33(32-22)24(34)13-14-25(35)36/h1-14,23H,15H2,(H,31,37)(H,35,36)/b14-13+. The molecule has 1 amide bonds. The van der Waals surface area contributed by atoms with Gasteiger partial charge in [-0.05, 0) is 41.5 Å². The van der Waals surface area contributed by atoms with E-state index in [1.165, 1.54) is 5.01 Å². The minimum Gasteiger partial charge on any atom is -0.478 e. The molecule has 0 saturated carbocycles. The predicted molar refractivity (Wildman–Crippen MR) is 147 cm³/mol. The molecule has 1 aromatic heterocycles. The van der Waals surface area contributed by atoms with Crippen molar-refractivity contribution < 1.29 is 14.7 Å². The van der Waals surface area contributed by atoms with Crippen molar-refractivity contribution in [2.24, 2.45) is 5.10 Å². The van der Waals surface area contributed by atoms with E-state index in [-0.39, 0.29) is 12.0 Å². The molecule has 4 aromatic rings. The van der Waals surface area contributed by atoms with Crippen molar-refractivity contribution in [1.29, 1.82) is 0 Å². The molecular formula is C28H19BrClN3O4. The SMILES string of the molecule is O=C(O)/C=C/C(=O)N1N=C(c2c(-c3ccc(Br)cc3)c3ccccc3[nH]c2=O)CC1c1ccc(Cl)cc1. The number of para-hydroxylation sites is 1. The van der Waals surface area contributed by atoms with Gasteiger partial charge in [0.25, 0.3) is 11.5 Å². The summed E-state index contributed by atoms with van der Waals surface area (Å²) in [6.45, 7) is 0. The van der Waals surface area contributed by atoms with Crippen LogP contribution in [-0.4, -0.2) is 32.7 Å². The Labute approximate surface area is 224 Å². The van der Waals surface area contributed by atoms with Gasteiger partial charge in [-0.15, -0.1) is 0 Å². The molecule has 0 bridgehead atoms. The number of aromatic amines is 1. The Balaban J connectivity index is 1.71. The molecule has 0 saturated heterocycles. The van der Waals surface area contributed by atoms with Crippen LogP contribution in [0, 0.1) is 0 Å². The summed E-state index contributed by atoms with van der Waals surface area (Å²) in [4.78, 5) is 40.5. The Morgan fingerprint density at radius 2 is 1.70 bits per heavy atom. The summed E-state index contributed by atoms with van der Waals surface area (Å²) < 4.78 is 0.898. The lowest BCUT2D eigenvalue weighted by molar-refractivity contribution is -0.132. The van der Waals surface area contributed by atoms with Crippen LogP contribution in [0.4, 0.5) is 0 Å². The number of pyridine rings is 1. The molecule has 37 heavy (non-hydrogen) atoms. The quantitative estimate of drug-likeness (QED) is 0.288. The second kappa shape index (κ2) is 10.2. The summed E-state index contributed by atoms with van der Waals surface area (Å²) >= 11 is 9.53. The van der Waals surface area contributed by atoms with Gasteiger partial charge in [0, 0.05) is 44.5 Å². The van der Waals surface area contributed by atoms with Gasteiger partial charge in [-0.3, -0.25) is 9.59 Å². The maximum absolute atomic E-state index is 13.5. The summed E-state index contributed by atoms with van der Waals surface area (Å²) in [7, 11) is 0. The summed E-state index contributed by atoms with van der Waals surface area (Å²) in [5, 5.41) is 16.2. The normalized spacial score (nSPS) is 15.4. The maximum atomic E-state index is 13.5. The van der Waals surface area contributed by atoms with E-state index in [9.17, 15) is 14.4 Å². The number of hydrogen-bond donors (Lipinski definition) is 2. The Morgan fingerprint density at radius 1 is 1.00 bits per heavy atom. The molecule has 0 fully saturated rings. The van der Waals surface area contributed by atoms with Crippen LogP contribution >= 0.6 is 27.5 Å². The topological polar surface area (TPSA) is 103 Å². The van der Waals surface area contributed by atoms with E-state index < -0.39 is 17.9 Å². The van der Waals surface area contributed by atoms with Gasteiger partial charge < -0.3 is 10.1 Å². The molecule has 2 N–H and O–H groups in total. The molecule has 1 atom stereocenters. The van der Waals surface area contributed by atoms with Gasteiger partial charge in [0.05, 0.1) is 17.3 Å². The number of aliphatic carboxylic acids is 1. The molecule has 1 aliphatic rings. The number of rotatable bonds is 5. The lowest BCUT2D eigenvalue weighted by Gasteiger charge is -2.20. The molecule has 2 heterocycles. The van der Waals surface area contributed by atoms with Crippen LogP contribution in [0.15, 0.2) is 99.3 Å². The third-order valence-electron chi connectivity index (χ3n) is 6.10. The molecule has 1 aliphatic heterocycles. The van der Waals surface area contributed by atoms with E-state index in [1.54, 1.807) is 24.3 Å². The highest BCUT2D eigenvalue weighted by molar-refractivity contribution is 9.10. The fourth-order valence-electron chi connectivity index (χ4n) is 4.46. The molecule has 0 spiro atoms. The van der Waals surface area contributed by atoms with Crippen LogP contribution in [0.2, 0.25) is 5.02 Å². The smallest absolute Gasteiger partial charge is 0.328 e. The first-order valence-electron chi connectivity index (χ1n) is 11.3. The van der Waals surface area contributed by atoms with Crippen LogP contribution in [0.1, 0.15) is 23.6 Å². The highest BCUT2D eigenvalue weighted by atomic mass is 79.9. The summed E-state index contributed by atoms with van der Waals surface area (Å²) in [5.41, 5.74) is 3.40. The first-order chi connectivity index (χ1) is 17.8. The number of halogens is 2. The van der Waals surface area contributed by atoms with Crippen molar-refractivity contribution in [2.45, 2.75) is 12.5 Å². The molecule has 9 heteroatoms. The second-order valence-corrected chi connectivity index (χ2v) is 9.78. The number of benzene rings is 3. The Bertz CT molecular complexity index is 1640. The second-order valence-electron chi connectivity index (χ2n) is 8.43. The molecular weight excluding hydrogens is 558 g/mol. The summed E-state index contributed by atoms with van der Waals surface area (Å²) in [6.07, 6.45) is 1.97. The van der Waals surface area contributed by atoms with Gasteiger partial charge >= 0.3 is 5.97 Å². The van der Waals surface area contributed by atoms with E-state index in [0.29, 0.717) is 27.4 Å². The fraction of sp³-hybridized carbons (Fsp3) is 0.0714. The first kappa shape index (κ1) is 24.7. The van der Waals surface area contributed by atoms with Crippen molar-refractivity contribution in [3.63, 3.8) is 0 Å². The highest BCUT2D eigenvalue weighted by Gasteiger charge is 2.34. The number of carboxylic acid groups (broad SMARTS) is 1. The number of amides is 1. The summed E-state index contributed by atoms with van der Waals surface area (Å²) in [5.74, 6) is -1.86. The minimum atomic E-state index is -1.25. The first-order valence-corrected chi connectivity index (χ1v) is 12.5. The molecule has 3 aromatic carbocycles. The zero-order valence-corrected chi connectivity index (χ0v) is 21.5. The Kier molecular flexibility index (Phi) is 6.78. The van der Waals surface area contributed by atoms with Crippen molar-refractivity contribution in [2.75, 3.05) is 0 Å². The zero-order chi connectivity index (χ0) is 26.1. The lowest BCUT2D eigenvalue weighted by Crippen LogP contribution is -2.25. The number of carbonyl (C=O) groups is 2. The van der Waals surface area contributed by atoms with Gasteiger partial charge in [-0.1, -0.05) is 70.0 Å². The monoisotopic (exact) mass is 575 g/mol. The van der Waals surface area contributed by atoms with E-state index >= 15 is 0 Å². The third-order valence-corrected chi connectivity index (χ3v) is 6.88. The van der Waals surface area contributed by atoms with Crippen molar-refractivity contribution in [3.05, 3.63) is 116 Å². The van der Waals surface area contributed by atoms with Gasteiger partial charge in [0.1, 0.15) is 0 Å². The van der Waals surface area contributed by atoms with Gasteiger partial charge in [-0.25, -0.2) is 9.80 Å². The molecule has 0 aliphatic carbocycles. The molecule has 1 unspecified atom stereocenters. The molecule has 7 nitrogen and oxygen atoms in total. The predicted octanol–water partition coefficient (Wildman–Crippen LogP) is 5.93. The number of aromatic nitrogens is 1. The van der Waals surface area contributed by atoms with Crippen LogP contribution < -0.4 is 5.56 Å². The van der Waals surface area contributed by atoms with Crippen LogP contribution in [0.25, 0.3) is 22.0 Å². The largest absolute Gasteiger partial charge is 0.478 e. The van der Waals surface area contributed by atoms with Crippen molar-refractivity contribution in [1.82, 2.24) is 9.99 Å². The van der Waals surface area contributed by atoms with Gasteiger partial charge in [0.15, 0.2) is 0 Å². The van der Waals surface area contributed by atoms with Gasteiger partial charge in [0.2, 0.25) is 0 Å². The van der Waals surface area contributed by atoms with Crippen molar-refractivity contribution in [3.8, 4) is 11.1 Å². The third kappa shape index (κ3) is 4.98. The number of carbonyl (C=O) groups excluding carboxylic acids is 1. The van der Waals surface area contributed by atoms with Crippen LogP contribution in [0.3, 0.4) is 0 Å². The zero-order valence-electron chi connectivity index (χ0n) is 19.2. The number of nitrogens with one attached hydrogen (secondary N) is 1. The van der Waals surface area contributed by atoms with E-state index in [2.05, 4.69) is 26.0 Å².